The van der Waals surface area contributed by atoms with Gasteiger partial charge >= 0.3 is 5.97 Å². The van der Waals surface area contributed by atoms with E-state index in [9.17, 15) is 23.1 Å². The highest BCUT2D eigenvalue weighted by atomic mass is 32.2. The van der Waals surface area contributed by atoms with Gasteiger partial charge in [-0.25, -0.2) is 17.9 Å². The molecule has 1 atom stereocenters. The van der Waals surface area contributed by atoms with Crippen LogP contribution in [0.15, 0.2) is 29.2 Å². The van der Waals surface area contributed by atoms with Gasteiger partial charge < -0.3 is 15.2 Å². The van der Waals surface area contributed by atoms with Crippen LogP contribution in [0.3, 0.4) is 0 Å². The van der Waals surface area contributed by atoms with Crippen LogP contribution in [0, 0.1) is 0 Å². The number of carbonyl (C=O) groups excluding carboxylic acids is 1. The van der Waals surface area contributed by atoms with Crippen LogP contribution < -0.4 is 10.0 Å². The van der Waals surface area contributed by atoms with Gasteiger partial charge in [-0.15, -0.1) is 0 Å². The van der Waals surface area contributed by atoms with Crippen molar-refractivity contribution < 1.29 is 27.9 Å². The van der Waals surface area contributed by atoms with Gasteiger partial charge in [0.05, 0.1) is 11.5 Å². The summed E-state index contributed by atoms with van der Waals surface area (Å²) in [4.78, 5) is 24.0. The number of rotatable bonds is 6. The first kappa shape index (κ1) is 18.8. The van der Waals surface area contributed by atoms with E-state index in [4.69, 9.17) is 4.74 Å². The van der Waals surface area contributed by atoms with Crippen molar-refractivity contribution in [2.45, 2.75) is 48.6 Å². The first-order chi connectivity index (χ1) is 12.3. The monoisotopic (exact) mass is 382 g/mol. The second kappa shape index (κ2) is 7.34. The SMILES string of the molecule is O=C(NC1(C(=O)O)CCOC1)c1cccc(S(=O)(=O)NC2CCCC2)c1. The third kappa shape index (κ3) is 3.89. The van der Waals surface area contributed by atoms with Crippen molar-refractivity contribution in [2.75, 3.05) is 13.2 Å². The summed E-state index contributed by atoms with van der Waals surface area (Å²) in [5.41, 5.74) is -1.39. The third-order valence-corrected chi connectivity index (χ3v) is 6.39. The molecule has 0 bridgehead atoms. The molecule has 0 radical (unpaired) electrons. The maximum atomic E-state index is 12.5. The van der Waals surface area contributed by atoms with E-state index >= 15 is 0 Å². The molecule has 0 aromatic heterocycles. The highest BCUT2D eigenvalue weighted by Crippen LogP contribution is 2.22. The van der Waals surface area contributed by atoms with Gasteiger partial charge in [-0.2, -0.15) is 0 Å². The molecule has 9 heteroatoms. The summed E-state index contributed by atoms with van der Waals surface area (Å²) in [6.07, 6.45) is 3.76. The highest BCUT2D eigenvalue weighted by Gasteiger charge is 2.44. The smallest absolute Gasteiger partial charge is 0.331 e. The van der Waals surface area contributed by atoms with Gasteiger partial charge in [0.25, 0.3) is 5.91 Å². The molecule has 1 saturated carbocycles. The Morgan fingerprint density at radius 1 is 1.23 bits per heavy atom. The zero-order chi connectivity index (χ0) is 18.8. The molecular weight excluding hydrogens is 360 g/mol. The van der Waals surface area contributed by atoms with Gasteiger partial charge in [0.15, 0.2) is 5.54 Å². The summed E-state index contributed by atoms with van der Waals surface area (Å²) in [5, 5.41) is 11.9. The second-order valence-electron chi connectivity index (χ2n) is 6.77. The van der Waals surface area contributed by atoms with Crippen molar-refractivity contribution in [3.8, 4) is 0 Å². The lowest BCUT2D eigenvalue weighted by Gasteiger charge is -2.23. The van der Waals surface area contributed by atoms with E-state index < -0.39 is 27.4 Å². The molecule has 1 aromatic carbocycles. The fourth-order valence-corrected chi connectivity index (χ4v) is 4.66. The number of hydrogen-bond donors (Lipinski definition) is 3. The Hall–Kier alpha value is -1.97. The van der Waals surface area contributed by atoms with Gasteiger partial charge in [-0.3, -0.25) is 4.79 Å². The number of amides is 1. The number of hydrogen-bond acceptors (Lipinski definition) is 5. The third-order valence-electron chi connectivity index (χ3n) is 4.87. The Morgan fingerprint density at radius 2 is 1.96 bits per heavy atom. The molecule has 1 amide bonds. The van der Waals surface area contributed by atoms with Crippen LogP contribution in [-0.2, 0) is 19.6 Å². The van der Waals surface area contributed by atoms with Crippen LogP contribution in [0.5, 0.6) is 0 Å². The summed E-state index contributed by atoms with van der Waals surface area (Å²) < 4.78 is 32.8. The van der Waals surface area contributed by atoms with E-state index in [2.05, 4.69) is 10.0 Å². The second-order valence-corrected chi connectivity index (χ2v) is 8.49. The van der Waals surface area contributed by atoms with Crippen molar-refractivity contribution in [1.29, 1.82) is 0 Å². The average Bonchev–Trinajstić information content (AvgIpc) is 3.27. The molecule has 8 nitrogen and oxygen atoms in total. The number of benzene rings is 1. The molecule has 1 saturated heterocycles. The predicted molar refractivity (Wildman–Crippen MR) is 92.3 cm³/mol. The molecule has 1 aliphatic heterocycles. The van der Waals surface area contributed by atoms with E-state index in [1.165, 1.54) is 24.3 Å². The minimum atomic E-state index is -3.73. The number of carboxylic acid groups (broad SMARTS) is 1. The molecule has 1 unspecified atom stereocenters. The van der Waals surface area contributed by atoms with E-state index in [0.717, 1.165) is 25.7 Å². The molecule has 0 spiro atoms. The number of ether oxygens (including phenoxy) is 1. The largest absolute Gasteiger partial charge is 0.479 e. The Bertz CT molecular complexity index is 795. The van der Waals surface area contributed by atoms with Crippen LogP contribution in [-0.4, -0.2) is 50.2 Å². The lowest BCUT2D eigenvalue weighted by atomic mass is 9.98. The standard InChI is InChI=1S/C17H22N2O6S/c20-15(18-17(16(21)22)8-9-25-11-17)12-4-3-7-14(10-12)26(23,24)19-13-5-1-2-6-13/h3-4,7,10,13,19H,1-2,5-6,8-9,11H2,(H,18,20)(H,21,22). The minimum Gasteiger partial charge on any atom is -0.479 e. The number of nitrogens with one attached hydrogen (secondary N) is 2. The van der Waals surface area contributed by atoms with E-state index in [-0.39, 0.29) is 36.1 Å². The lowest BCUT2D eigenvalue weighted by Crippen LogP contribution is -2.55. The summed E-state index contributed by atoms with van der Waals surface area (Å²) in [7, 11) is -3.73. The van der Waals surface area contributed by atoms with Gasteiger partial charge in [-0.1, -0.05) is 18.9 Å². The van der Waals surface area contributed by atoms with Crippen molar-refractivity contribution in [2.24, 2.45) is 0 Å². The molecule has 1 heterocycles. The first-order valence-corrected chi connectivity index (χ1v) is 10.1. The molecule has 142 valence electrons. The number of carboxylic acids is 1. The fourth-order valence-electron chi connectivity index (χ4n) is 3.31. The van der Waals surface area contributed by atoms with Gasteiger partial charge in [0.1, 0.15) is 0 Å². The molecule has 26 heavy (non-hydrogen) atoms. The lowest BCUT2D eigenvalue weighted by molar-refractivity contribution is -0.144. The molecule has 2 fully saturated rings. The molecule has 3 rings (SSSR count). The van der Waals surface area contributed by atoms with Gasteiger partial charge in [0.2, 0.25) is 10.0 Å². The van der Waals surface area contributed by atoms with Crippen LogP contribution in [0.1, 0.15) is 42.5 Å². The van der Waals surface area contributed by atoms with Crippen molar-refractivity contribution >= 4 is 21.9 Å². The van der Waals surface area contributed by atoms with Gasteiger partial charge in [0, 0.05) is 24.6 Å². The van der Waals surface area contributed by atoms with E-state index in [1.54, 1.807) is 0 Å². The maximum absolute atomic E-state index is 12.5. The molecule has 3 N–H and O–H groups in total. The Labute approximate surface area is 152 Å². The van der Waals surface area contributed by atoms with Crippen LogP contribution in [0.4, 0.5) is 0 Å². The summed E-state index contributed by atoms with van der Waals surface area (Å²) in [6, 6.07) is 5.52. The predicted octanol–water partition coefficient (Wildman–Crippen LogP) is 0.881. The average molecular weight is 382 g/mol. The molecular formula is C17H22N2O6S. The minimum absolute atomic E-state index is 0.0101. The van der Waals surface area contributed by atoms with Crippen LogP contribution in [0.25, 0.3) is 0 Å². The topological polar surface area (TPSA) is 122 Å². The molecule has 1 aromatic rings. The summed E-state index contributed by atoms with van der Waals surface area (Å²) in [6.45, 7) is 0.127. The number of aliphatic carboxylic acids is 1. The van der Waals surface area contributed by atoms with Crippen LogP contribution in [0.2, 0.25) is 0 Å². The Morgan fingerprint density at radius 3 is 2.58 bits per heavy atom. The van der Waals surface area contributed by atoms with Crippen LogP contribution >= 0.6 is 0 Å². The molecule has 1 aliphatic carbocycles. The summed E-state index contributed by atoms with van der Waals surface area (Å²) in [5.74, 6) is -1.81. The number of sulfonamides is 1. The van der Waals surface area contributed by atoms with E-state index in [1.807, 2.05) is 0 Å². The normalized spacial score (nSPS) is 23.8. The van der Waals surface area contributed by atoms with Crippen molar-refractivity contribution in [3.05, 3.63) is 29.8 Å². The highest BCUT2D eigenvalue weighted by molar-refractivity contribution is 7.89. The number of carbonyl (C=O) groups is 2. The zero-order valence-electron chi connectivity index (χ0n) is 14.2. The Kier molecular flexibility index (Phi) is 5.31. The van der Waals surface area contributed by atoms with Crippen molar-refractivity contribution in [3.63, 3.8) is 0 Å². The Balaban J connectivity index is 1.78. The first-order valence-electron chi connectivity index (χ1n) is 8.58. The maximum Gasteiger partial charge on any atom is 0.331 e. The quantitative estimate of drug-likeness (QED) is 0.671. The van der Waals surface area contributed by atoms with Crippen molar-refractivity contribution in [1.82, 2.24) is 10.0 Å². The summed E-state index contributed by atoms with van der Waals surface area (Å²) >= 11 is 0. The fraction of sp³-hybridized carbons (Fsp3) is 0.529. The van der Waals surface area contributed by atoms with Gasteiger partial charge in [-0.05, 0) is 31.0 Å². The van der Waals surface area contributed by atoms with E-state index in [0.29, 0.717) is 0 Å². The molecule has 2 aliphatic rings. The zero-order valence-corrected chi connectivity index (χ0v) is 15.0.